The topological polar surface area (TPSA) is 78.8 Å². The predicted molar refractivity (Wildman–Crippen MR) is 51.9 cm³/mol. The number of carbonyl (C=O) groups is 1. The lowest BCUT2D eigenvalue weighted by atomic mass is 10.2. The summed E-state index contributed by atoms with van der Waals surface area (Å²) in [4.78, 5) is 11.2. The fraction of sp³-hybridized carbons (Fsp3) is 0.889. The summed E-state index contributed by atoms with van der Waals surface area (Å²) < 4.78 is 4.95. The van der Waals surface area contributed by atoms with Crippen molar-refractivity contribution >= 4 is 6.09 Å². The van der Waals surface area contributed by atoms with Gasteiger partial charge in [0.05, 0.1) is 18.8 Å². The summed E-state index contributed by atoms with van der Waals surface area (Å²) in [6.45, 7) is 6.38. The van der Waals surface area contributed by atoms with Gasteiger partial charge in [-0.2, -0.15) is 0 Å². The molecule has 0 bridgehead atoms. The molecule has 0 heterocycles. The Labute approximate surface area is 84.1 Å². The average molecular weight is 205 g/mol. The van der Waals surface area contributed by atoms with Crippen LogP contribution in [0.2, 0.25) is 0 Å². The Kier molecular flexibility index (Phi) is 4.87. The highest BCUT2D eigenvalue weighted by Gasteiger charge is 2.21. The highest BCUT2D eigenvalue weighted by molar-refractivity contribution is 5.68. The van der Waals surface area contributed by atoms with Gasteiger partial charge in [-0.15, -0.1) is 0 Å². The molecular weight excluding hydrogens is 186 g/mol. The van der Waals surface area contributed by atoms with Crippen LogP contribution < -0.4 is 5.32 Å². The van der Waals surface area contributed by atoms with E-state index >= 15 is 0 Å². The van der Waals surface area contributed by atoms with E-state index in [4.69, 9.17) is 14.9 Å². The maximum atomic E-state index is 11.2. The van der Waals surface area contributed by atoms with E-state index < -0.39 is 23.8 Å². The quantitative estimate of drug-likeness (QED) is 0.617. The first kappa shape index (κ1) is 13.2. The van der Waals surface area contributed by atoms with Gasteiger partial charge in [0.25, 0.3) is 0 Å². The Morgan fingerprint density at radius 3 is 2.29 bits per heavy atom. The first-order valence-corrected chi connectivity index (χ1v) is 4.54. The summed E-state index contributed by atoms with van der Waals surface area (Å²) in [6.07, 6.45) is -1.45. The van der Waals surface area contributed by atoms with Crippen LogP contribution in [-0.4, -0.2) is 40.7 Å². The number of hydrogen-bond acceptors (Lipinski definition) is 4. The van der Waals surface area contributed by atoms with Crippen molar-refractivity contribution < 1.29 is 19.7 Å². The van der Waals surface area contributed by atoms with Gasteiger partial charge in [0.15, 0.2) is 0 Å². The average Bonchev–Trinajstić information content (AvgIpc) is 1.96. The van der Waals surface area contributed by atoms with Crippen LogP contribution in [0.25, 0.3) is 0 Å². The molecule has 0 saturated heterocycles. The lowest BCUT2D eigenvalue weighted by Crippen LogP contribution is -2.46. The van der Waals surface area contributed by atoms with Gasteiger partial charge in [-0.25, -0.2) is 4.79 Å². The van der Waals surface area contributed by atoms with Crippen molar-refractivity contribution in [2.75, 3.05) is 6.61 Å². The normalized spacial score (nSPS) is 15.9. The lowest BCUT2D eigenvalue weighted by Gasteiger charge is -2.23. The Bertz CT molecular complexity index is 186. The number of amides is 1. The summed E-state index contributed by atoms with van der Waals surface area (Å²) in [5, 5.41) is 20.3. The second kappa shape index (κ2) is 5.17. The largest absolute Gasteiger partial charge is 0.444 e. The second-order valence-electron chi connectivity index (χ2n) is 4.18. The number of ether oxygens (including phenoxy) is 1. The van der Waals surface area contributed by atoms with Crippen LogP contribution in [0.4, 0.5) is 4.79 Å². The van der Waals surface area contributed by atoms with Crippen LogP contribution >= 0.6 is 0 Å². The molecule has 14 heavy (non-hydrogen) atoms. The van der Waals surface area contributed by atoms with E-state index in [9.17, 15) is 4.79 Å². The van der Waals surface area contributed by atoms with E-state index in [1.807, 2.05) is 0 Å². The van der Waals surface area contributed by atoms with Crippen molar-refractivity contribution in [3.63, 3.8) is 0 Å². The van der Waals surface area contributed by atoms with Gasteiger partial charge < -0.3 is 20.3 Å². The lowest BCUT2D eigenvalue weighted by molar-refractivity contribution is 0.0377. The number of alkyl carbamates (subject to hydrolysis) is 1. The van der Waals surface area contributed by atoms with Gasteiger partial charge in [0.2, 0.25) is 0 Å². The molecule has 0 aliphatic heterocycles. The minimum Gasteiger partial charge on any atom is -0.444 e. The highest BCUT2D eigenvalue weighted by Crippen LogP contribution is 2.07. The fourth-order valence-electron chi connectivity index (χ4n) is 0.778. The number of aliphatic hydroxyl groups excluding tert-OH is 2. The molecule has 1 amide bonds. The van der Waals surface area contributed by atoms with Crippen LogP contribution in [0.1, 0.15) is 27.7 Å². The molecule has 0 aromatic heterocycles. The van der Waals surface area contributed by atoms with Gasteiger partial charge in [0, 0.05) is 0 Å². The minimum absolute atomic E-state index is 0.323. The standard InChI is InChI=1S/C9H19NO4/c1-6(12)7(5-11)10-8(13)14-9(2,3)4/h6-7,11-12H,5H2,1-4H3,(H,10,13). The van der Waals surface area contributed by atoms with Crippen molar-refractivity contribution in [2.45, 2.75) is 45.4 Å². The van der Waals surface area contributed by atoms with Gasteiger partial charge >= 0.3 is 6.09 Å². The zero-order valence-electron chi connectivity index (χ0n) is 9.07. The van der Waals surface area contributed by atoms with Gasteiger partial charge in [-0.05, 0) is 27.7 Å². The van der Waals surface area contributed by atoms with E-state index in [0.717, 1.165) is 0 Å². The number of hydrogen-bond donors (Lipinski definition) is 3. The van der Waals surface area contributed by atoms with E-state index in [0.29, 0.717) is 0 Å². The Hall–Kier alpha value is -0.810. The van der Waals surface area contributed by atoms with Gasteiger partial charge in [-0.3, -0.25) is 0 Å². The number of carbonyl (C=O) groups excluding carboxylic acids is 1. The molecule has 2 unspecified atom stereocenters. The minimum atomic E-state index is -0.812. The SMILES string of the molecule is CC(O)C(CO)NC(=O)OC(C)(C)C. The zero-order valence-corrected chi connectivity index (χ0v) is 9.07. The molecule has 0 aromatic carbocycles. The van der Waals surface area contributed by atoms with E-state index in [2.05, 4.69) is 5.32 Å². The number of rotatable bonds is 3. The predicted octanol–water partition coefficient (Wildman–Crippen LogP) is 0.253. The molecule has 0 rings (SSSR count). The third-order valence-corrected chi connectivity index (χ3v) is 1.48. The van der Waals surface area contributed by atoms with Crippen LogP contribution in [0.15, 0.2) is 0 Å². The van der Waals surface area contributed by atoms with Crippen LogP contribution in [0, 0.1) is 0 Å². The molecule has 0 aliphatic rings. The monoisotopic (exact) mass is 205 g/mol. The van der Waals surface area contributed by atoms with Crippen molar-refractivity contribution in [1.29, 1.82) is 0 Å². The molecular formula is C9H19NO4. The summed E-state index contributed by atoms with van der Waals surface area (Å²) in [6, 6.07) is -0.690. The molecule has 0 radical (unpaired) electrons. The Morgan fingerprint density at radius 1 is 1.50 bits per heavy atom. The van der Waals surface area contributed by atoms with Gasteiger partial charge in [0.1, 0.15) is 5.60 Å². The molecule has 5 nitrogen and oxygen atoms in total. The highest BCUT2D eigenvalue weighted by atomic mass is 16.6. The van der Waals surface area contributed by atoms with Crippen LogP contribution in [-0.2, 0) is 4.74 Å². The summed E-state index contributed by atoms with van der Waals surface area (Å²) >= 11 is 0. The molecule has 2 atom stereocenters. The number of nitrogens with one attached hydrogen (secondary N) is 1. The summed E-state index contributed by atoms with van der Waals surface area (Å²) in [5.41, 5.74) is -0.581. The van der Waals surface area contributed by atoms with E-state index in [1.54, 1.807) is 20.8 Å². The van der Waals surface area contributed by atoms with Crippen molar-refractivity contribution in [3.8, 4) is 0 Å². The van der Waals surface area contributed by atoms with Crippen molar-refractivity contribution in [3.05, 3.63) is 0 Å². The van der Waals surface area contributed by atoms with Crippen molar-refractivity contribution in [1.82, 2.24) is 5.32 Å². The third-order valence-electron chi connectivity index (χ3n) is 1.48. The van der Waals surface area contributed by atoms with E-state index in [-0.39, 0.29) is 6.61 Å². The van der Waals surface area contributed by atoms with Crippen LogP contribution in [0.5, 0.6) is 0 Å². The van der Waals surface area contributed by atoms with E-state index in [1.165, 1.54) is 6.92 Å². The molecule has 0 aromatic rings. The maximum absolute atomic E-state index is 11.2. The molecule has 84 valence electrons. The molecule has 0 saturated carbocycles. The first-order chi connectivity index (χ1) is 6.26. The Morgan fingerprint density at radius 2 is 2.00 bits per heavy atom. The zero-order chi connectivity index (χ0) is 11.4. The summed E-state index contributed by atoms with van der Waals surface area (Å²) in [7, 11) is 0. The first-order valence-electron chi connectivity index (χ1n) is 4.54. The maximum Gasteiger partial charge on any atom is 0.408 e. The van der Waals surface area contributed by atoms with Crippen molar-refractivity contribution in [2.24, 2.45) is 0 Å². The third kappa shape index (κ3) is 5.77. The second-order valence-corrected chi connectivity index (χ2v) is 4.18. The fourth-order valence-corrected chi connectivity index (χ4v) is 0.778. The van der Waals surface area contributed by atoms with Gasteiger partial charge in [-0.1, -0.05) is 0 Å². The number of aliphatic hydroxyl groups is 2. The molecule has 0 spiro atoms. The molecule has 0 fully saturated rings. The Balaban J connectivity index is 4.04. The molecule has 0 aliphatic carbocycles. The molecule has 5 heteroatoms. The molecule has 3 N–H and O–H groups in total. The summed E-state index contributed by atoms with van der Waals surface area (Å²) in [5.74, 6) is 0. The van der Waals surface area contributed by atoms with Crippen LogP contribution in [0.3, 0.4) is 0 Å². The smallest absolute Gasteiger partial charge is 0.408 e.